The molecule has 0 bridgehead atoms. The number of hydrogen-bond donors (Lipinski definition) is 0. The molecule has 0 amide bonds. The van der Waals surface area contributed by atoms with Gasteiger partial charge in [0.2, 0.25) is 0 Å². The zero-order valence-electron chi connectivity index (χ0n) is 9.95. The molecule has 3 nitrogen and oxygen atoms in total. The van der Waals surface area contributed by atoms with Crippen molar-refractivity contribution >= 4 is 16.5 Å². The van der Waals surface area contributed by atoms with E-state index in [1.165, 1.54) is 28.5 Å². The Morgan fingerprint density at radius 2 is 2.06 bits per heavy atom. The van der Waals surface area contributed by atoms with Gasteiger partial charge in [-0.1, -0.05) is 13.8 Å². The fraction of sp³-hybridized carbons (Fsp3) is 0.750. The van der Waals surface area contributed by atoms with Crippen LogP contribution in [-0.2, 0) is 16.6 Å². The number of aryl methyl sites for hydroxylation is 1. The topological polar surface area (TPSA) is 25.4 Å². The van der Waals surface area contributed by atoms with Crippen LogP contribution in [0.4, 0.5) is 5.13 Å². The second-order valence-corrected chi connectivity index (χ2v) is 6.31. The molecule has 0 unspecified atom stereocenters. The van der Waals surface area contributed by atoms with E-state index in [4.69, 9.17) is 9.72 Å². The predicted octanol–water partition coefficient (Wildman–Crippen LogP) is 2.20. The zero-order chi connectivity index (χ0) is 11.2. The fourth-order valence-electron chi connectivity index (χ4n) is 2.47. The average Bonchev–Trinajstić information content (AvgIpc) is 2.82. The van der Waals surface area contributed by atoms with E-state index in [0.29, 0.717) is 0 Å². The van der Waals surface area contributed by atoms with Crippen molar-refractivity contribution < 1.29 is 4.74 Å². The highest BCUT2D eigenvalue weighted by Gasteiger charge is 2.34. The van der Waals surface area contributed by atoms with Crippen molar-refractivity contribution in [2.24, 2.45) is 0 Å². The molecule has 1 aromatic rings. The van der Waals surface area contributed by atoms with Gasteiger partial charge in [0.15, 0.2) is 5.13 Å². The lowest BCUT2D eigenvalue weighted by molar-refractivity contribution is 0.122. The number of thiazole rings is 1. The summed E-state index contributed by atoms with van der Waals surface area (Å²) in [4.78, 5) is 8.73. The van der Waals surface area contributed by atoms with Crippen molar-refractivity contribution in [1.82, 2.24) is 4.98 Å². The second-order valence-electron chi connectivity index (χ2n) is 5.25. The molecule has 0 spiro atoms. The van der Waals surface area contributed by atoms with E-state index in [2.05, 4.69) is 18.7 Å². The molecule has 1 aliphatic carbocycles. The highest BCUT2D eigenvalue weighted by Crippen LogP contribution is 2.42. The molecule has 3 rings (SSSR count). The van der Waals surface area contributed by atoms with Crippen LogP contribution in [-0.4, -0.2) is 31.3 Å². The van der Waals surface area contributed by atoms with Gasteiger partial charge < -0.3 is 9.64 Å². The van der Waals surface area contributed by atoms with E-state index in [0.717, 1.165) is 26.3 Å². The van der Waals surface area contributed by atoms with Crippen LogP contribution < -0.4 is 4.90 Å². The third-order valence-electron chi connectivity index (χ3n) is 3.59. The molecule has 2 heterocycles. The molecular formula is C12H18N2OS. The van der Waals surface area contributed by atoms with Crippen LogP contribution in [0, 0.1) is 0 Å². The highest BCUT2D eigenvalue weighted by atomic mass is 32.1. The third-order valence-corrected chi connectivity index (χ3v) is 4.76. The average molecular weight is 238 g/mol. The van der Waals surface area contributed by atoms with Gasteiger partial charge in [0.25, 0.3) is 0 Å². The predicted molar refractivity (Wildman–Crippen MR) is 66.5 cm³/mol. The number of nitrogens with zero attached hydrogens (tertiary/aromatic N) is 2. The molecule has 1 saturated heterocycles. The van der Waals surface area contributed by atoms with Gasteiger partial charge in [-0.15, -0.1) is 11.3 Å². The quantitative estimate of drug-likeness (QED) is 0.750. The Bertz CT molecular complexity index is 394. The van der Waals surface area contributed by atoms with Crippen LogP contribution in [0.2, 0.25) is 0 Å². The van der Waals surface area contributed by atoms with Crippen molar-refractivity contribution in [3.05, 3.63) is 10.6 Å². The van der Waals surface area contributed by atoms with Gasteiger partial charge >= 0.3 is 0 Å². The van der Waals surface area contributed by atoms with Gasteiger partial charge in [0, 0.05) is 23.4 Å². The van der Waals surface area contributed by atoms with E-state index in [9.17, 15) is 0 Å². The molecule has 2 aliphatic rings. The lowest BCUT2D eigenvalue weighted by Crippen LogP contribution is -2.36. The maximum absolute atomic E-state index is 5.37. The lowest BCUT2D eigenvalue weighted by Gasteiger charge is -2.26. The van der Waals surface area contributed by atoms with Gasteiger partial charge in [-0.25, -0.2) is 4.98 Å². The minimum absolute atomic E-state index is 0.288. The maximum atomic E-state index is 5.37. The zero-order valence-corrected chi connectivity index (χ0v) is 10.8. The molecule has 1 aliphatic heterocycles. The molecule has 1 aromatic heterocycles. The minimum atomic E-state index is 0.288. The number of anilines is 1. The van der Waals surface area contributed by atoms with E-state index >= 15 is 0 Å². The first-order valence-electron chi connectivity index (χ1n) is 6.00. The summed E-state index contributed by atoms with van der Waals surface area (Å²) in [6.45, 7) is 8.28. The van der Waals surface area contributed by atoms with Crippen molar-refractivity contribution in [3.8, 4) is 0 Å². The number of ether oxygens (including phenoxy) is 1. The van der Waals surface area contributed by atoms with Crippen molar-refractivity contribution in [2.75, 3.05) is 31.2 Å². The number of morpholine rings is 1. The largest absolute Gasteiger partial charge is 0.378 e. The number of rotatable bonds is 1. The van der Waals surface area contributed by atoms with Gasteiger partial charge in [-0.2, -0.15) is 0 Å². The monoisotopic (exact) mass is 238 g/mol. The molecule has 16 heavy (non-hydrogen) atoms. The highest BCUT2D eigenvalue weighted by molar-refractivity contribution is 7.15. The molecule has 0 N–H and O–H groups in total. The van der Waals surface area contributed by atoms with E-state index < -0.39 is 0 Å². The Morgan fingerprint density at radius 1 is 1.31 bits per heavy atom. The van der Waals surface area contributed by atoms with Gasteiger partial charge in [-0.05, 0) is 12.8 Å². The molecule has 0 aromatic carbocycles. The molecule has 0 atom stereocenters. The van der Waals surface area contributed by atoms with Crippen LogP contribution >= 0.6 is 11.3 Å². The molecule has 4 heteroatoms. The first-order chi connectivity index (χ1) is 7.67. The molecule has 1 fully saturated rings. The first kappa shape index (κ1) is 10.5. The van der Waals surface area contributed by atoms with Crippen LogP contribution in [0.25, 0.3) is 0 Å². The Hall–Kier alpha value is -0.610. The molecule has 0 saturated carbocycles. The minimum Gasteiger partial charge on any atom is -0.378 e. The Labute approximate surface area is 100 Å². The van der Waals surface area contributed by atoms with Crippen LogP contribution in [0.5, 0.6) is 0 Å². The SMILES string of the molecule is CC1(C)CCc2sc(N3CCOCC3)nc21. The maximum Gasteiger partial charge on any atom is 0.185 e. The summed E-state index contributed by atoms with van der Waals surface area (Å²) in [5.41, 5.74) is 1.63. The molecular weight excluding hydrogens is 220 g/mol. The smallest absolute Gasteiger partial charge is 0.185 e. The summed E-state index contributed by atoms with van der Waals surface area (Å²) in [6, 6.07) is 0. The second kappa shape index (κ2) is 3.70. The Morgan fingerprint density at radius 3 is 2.75 bits per heavy atom. The van der Waals surface area contributed by atoms with Crippen molar-refractivity contribution in [3.63, 3.8) is 0 Å². The molecule has 0 radical (unpaired) electrons. The summed E-state index contributed by atoms with van der Waals surface area (Å²) in [5.74, 6) is 0. The Balaban J connectivity index is 1.88. The standard InChI is InChI=1S/C12H18N2OS/c1-12(2)4-3-9-10(12)13-11(16-9)14-5-7-15-8-6-14/h3-8H2,1-2H3. The normalized spacial score (nSPS) is 23.5. The number of hydrogen-bond acceptors (Lipinski definition) is 4. The van der Waals surface area contributed by atoms with Gasteiger partial charge in [0.1, 0.15) is 0 Å². The molecule has 88 valence electrons. The van der Waals surface area contributed by atoms with Crippen LogP contribution in [0.1, 0.15) is 30.8 Å². The Kier molecular flexibility index (Phi) is 2.44. The summed E-state index contributed by atoms with van der Waals surface area (Å²) in [7, 11) is 0. The van der Waals surface area contributed by atoms with Crippen LogP contribution in [0.15, 0.2) is 0 Å². The fourth-order valence-corrected chi connectivity index (χ4v) is 3.76. The van der Waals surface area contributed by atoms with Crippen molar-refractivity contribution in [2.45, 2.75) is 32.1 Å². The number of aromatic nitrogens is 1. The lowest BCUT2D eigenvalue weighted by atomic mass is 9.91. The van der Waals surface area contributed by atoms with Gasteiger partial charge in [0.05, 0.1) is 18.9 Å². The van der Waals surface area contributed by atoms with E-state index in [1.807, 2.05) is 11.3 Å². The van der Waals surface area contributed by atoms with Crippen LogP contribution in [0.3, 0.4) is 0 Å². The van der Waals surface area contributed by atoms with E-state index in [1.54, 1.807) is 0 Å². The van der Waals surface area contributed by atoms with Crippen molar-refractivity contribution in [1.29, 1.82) is 0 Å². The number of fused-ring (bicyclic) bond motifs is 1. The summed E-state index contributed by atoms with van der Waals surface area (Å²) in [5, 5.41) is 1.21. The first-order valence-corrected chi connectivity index (χ1v) is 6.81. The summed E-state index contributed by atoms with van der Waals surface area (Å²) in [6.07, 6.45) is 2.47. The van der Waals surface area contributed by atoms with E-state index in [-0.39, 0.29) is 5.41 Å². The summed E-state index contributed by atoms with van der Waals surface area (Å²) >= 11 is 1.89. The third kappa shape index (κ3) is 1.64. The summed E-state index contributed by atoms with van der Waals surface area (Å²) < 4.78 is 5.37. The van der Waals surface area contributed by atoms with Gasteiger partial charge in [-0.3, -0.25) is 0 Å².